The highest BCUT2D eigenvalue weighted by molar-refractivity contribution is 6.42. The first kappa shape index (κ1) is 15.9. The minimum atomic E-state index is 0.489. The molecule has 0 spiro atoms. The van der Waals surface area contributed by atoms with E-state index < -0.39 is 0 Å². The van der Waals surface area contributed by atoms with Crippen LogP contribution >= 0.6 is 23.2 Å². The molecule has 2 aromatic heterocycles. The zero-order chi connectivity index (χ0) is 16.2. The van der Waals surface area contributed by atoms with Gasteiger partial charge in [-0.2, -0.15) is 4.98 Å². The molecule has 0 saturated carbocycles. The standard InChI is InChI=1S/C16H14Cl2N4O/c1-22(9-11-5-6-12(17)13(18)8-11)10-15-20-16(21-23-15)14-4-2-3-7-19-14/h2-8H,9-10H2,1H3. The van der Waals surface area contributed by atoms with Crippen molar-refractivity contribution in [3.8, 4) is 11.5 Å². The van der Waals surface area contributed by atoms with Crippen molar-refractivity contribution in [3.05, 3.63) is 64.1 Å². The maximum absolute atomic E-state index is 6.03. The van der Waals surface area contributed by atoms with Gasteiger partial charge in [-0.3, -0.25) is 9.88 Å². The number of halogens is 2. The molecule has 0 atom stereocenters. The van der Waals surface area contributed by atoms with E-state index in [4.69, 9.17) is 27.7 Å². The number of pyridine rings is 1. The van der Waals surface area contributed by atoms with Gasteiger partial charge < -0.3 is 4.52 Å². The van der Waals surface area contributed by atoms with Crippen molar-refractivity contribution in [2.75, 3.05) is 7.05 Å². The van der Waals surface area contributed by atoms with E-state index in [1.54, 1.807) is 12.3 Å². The van der Waals surface area contributed by atoms with E-state index >= 15 is 0 Å². The van der Waals surface area contributed by atoms with Gasteiger partial charge >= 0.3 is 0 Å². The van der Waals surface area contributed by atoms with Crippen molar-refractivity contribution in [2.24, 2.45) is 0 Å². The smallest absolute Gasteiger partial charge is 0.241 e. The summed E-state index contributed by atoms with van der Waals surface area (Å²) < 4.78 is 5.28. The molecule has 7 heteroatoms. The number of nitrogens with zero attached hydrogens (tertiary/aromatic N) is 4. The predicted molar refractivity (Wildman–Crippen MR) is 89.2 cm³/mol. The molecule has 0 saturated heterocycles. The number of benzene rings is 1. The first-order chi connectivity index (χ1) is 11.1. The summed E-state index contributed by atoms with van der Waals surface area (Å²) in [5.41, 5.74) is 1.75. The Morgan fingerprint density at radius 3 is 2.70 bits per heavy atom. The summed E-state index contributed by atoms with van der Waals surface area (Å²) >= 11 is 12.0. The van der Waals surface area contributed by atoms with Crippen LogP contribution in [-0.4, -0.2) is 27.1 Å². The minimum Gasteiger partial charge on any atom is -0.337 e. The molecule has 3 rings (SSSR count). The summed E-state index contributed by atoms with van der Waals surface area (Å²) in [6.45, 7) is 1.22. The average molecular weight is 349 g/mol. The number of hydrogen-bond donors (Lipinski definition) is 0. The fourth-order valence-corrected chi connectivity index (χ4v) is 2.48. The molecule has 0 radical (unpaired) electrons. The molecule has 0 amide bonds. The fourth-order valence-electron chi connectivity index (χ4n) is 2.15. The average Bonchev–Trinajstić information content (AvgIpc) is 3.00. The van der Waals surface area contributed by atoms with Crippen LogP contribution in [0.15, 0.2) is 47.1 Å². The molecule has 0 aliphatic carbocycles. The molecule has 1 aromatic carbocycles. The SMILES string of the molecule is CN(Cc1ccc(Cl)c(Cl)c1)Cc1nc(-c2ccccn2)no1. The maximum Gasteiger partial charge on any atom is 0.241 e. The van der Waals surface area contributed by atoms with Gasteiger partial charge in [0.2, 0.25) is 11.7 Å². The van der Waals surface area contributed by atoms with Crippen LogP contribution in [0.4, 0.5) is 0 Å². The summed E-state index contributed by atoms with van der Waals surface area (Å²) in [6, 6.07) is 11.2. The van der Waals surface area contributed by atoms with E-state index in [1.807, 2.05) is 37.4 Å². The Labute approximate surface area is 143 Å². The Hall–Kier alpha value is -1.95. The molecule has 3 aromatic rings. The van der Waals surface area contributed by atoms with E-state index in [9.17, 15) is 0 Å². The van der Waals surface area contributed by atoms with Gasteiger partial charge in [0.25, 0.3) is 0 Å². The molecule has 5 nitrogen and oxygen atoms in total. The topological polar surface area (TPSA) is 55.1 Å². The quantitative estimate of drug-likeness (QED) is 0.695. The summed E-state index contributed by atoms with van der Waals surface area (Å²) in [6.07, 6.45) is 1.70. The third-order valence-corrected chi connectivity index (χ3v) is 3.94. The zero-order valence-electron chi connectivity index (χ0n) is 12.4. The highest BCUT2D eigenvalue weighted by Gasteiger charge is 2.12. The third-order valence-electron chi connectivity index (χ3n) is 3.20. The Balaban J connectivity index is 1.65. The van der Waals surface area contributed by atoms with Gasteiger partial charge in [0, 0.05) is 12.7 Å². The van der Waals surface area contributed by atoms with Crippen molar-refractivity contribution in [1.82, 2.24) is 20.0 Å². The lowest BCUT2D eigenvalue weighted by atomic mass is 10.2. The van der Waals surface area contributed by atoms with E-state index in [-0.39, 0.29) is 0 Å². The van der Waals surface area contributed by atoms with Crippen molar-refractivity contribution < 1.29 is 4.52 Å². The lowest BCUT2D eigenvalue weighted by molar-refractivity contribution is 0.261. The Bertz CT molecular complexity index is 792. The van der Waals surface area contributed by atoms with Crippen LogP contribution in [0, 0.1) is 0 Å². The summed E-state index contributed by atoms with van der Waals surface area (Å²) in [5.74, 6) is 1.02. The van der Waals surface area contributed by atoms with Gasteiger partial charge in [0.05, 0.1) is 16.6 Å². The molecule has 0 aliphatic rings. The first-order valence-corrected chi connectivity index (χ1v) is 7.74. The lowest BCUT2D eigenvalue weighted by Crippen LogP contribution is -2.17. The minimum absolute atomic E-state index is 0.489. The molecule has 0 fully saturated rings. The Morgan fingerprint density at radius 2 is 1.96 bits per heavy atom. The van der Waals surface area contributed by atoms with Gasteiger partial charge in [0.1, 0.15) is 5.69 Å². The Kier molecular flexibility index (Phi) is 4.91. The van der Waals surface area contributed by atoms with Gasteiger partial charge in [0.15, 0.2) is 0 Å². The van der Waals surface area contributed by atoms with Crippen molar-refractivity contribution in [2.45, 2.75) is 13.1 Å². The lowest BCUT2D eigenvalue weighted by Gasteiger charge is -2.14. The van der Waals surface area contributed by atoms with E-state index in [1.165, 1.54) is 0 Å². The van der Waals surface area contributed by atoms with Crippen LogP contribution in [0.2, 0.25) is 10.0 Å². The number of hydrogen-bond acceptors (Lipinski definition) is 5. The summed E-state index contributed by atoms with van der Waals surface area (Å²) in [7, 11) is 1.97. The second-order valence-electron chi connectivity index (χ2n) is 5.15. The van der Waals surface area contributed by atoms with E-state index in [2.05, 4.69) is 20.0 Å². The van der Waals surface area contributed by atoms with Gasteiger partial charge in [-0.1, -0.05) is 40.5 Å². The predicted octanol–water partition coefficient (Wildman–Crippen LogP) is 4.07. The molecule has 23 heavy (non-hydrogen) atoms. The second kappa shape index (κ2) is 7.08. The Morgan fingerprint density at radius 1 is 1.09 bits per heavy atom. The molecular formula is C16H14Cl2N4O. The second-order valence-corrected chi connectivity index (χ2v) is 5.96. The monoisotopic (exact) mass is 348 g/mol. The van der Waals surface area contributed by atoms with E-state index in [0.717, 1.165) is 5.56 Å². The van der Waals surface area contributed by atoms with Crippen molar-refractivity contribution >= 4 is 23.2 Å². The molecule has 0 unspecified atom stereocenters. The van der Waals surface area contributed by atoms with Crippen molar-refractivity contribution in [3.63, 3.8) is 0 Å². The molecule has 118 valence electrons. The largest absolute Gasteiger partial charge is 0.337 e. The molecule has 0 bridgehead atoms. The molecule has 0 aliphatic heterocycles. The van der Waals surface area contributed by atoms with Crippen molar-refractivity contribution in [1.29, 1.82) is 0 Å². The normalized spacial score (nSPS) is 11.1. The highest BCUT2D eigenvalue weighted by Crippen LogP contribution is 2.23. The molecular weight excluding hydrogens is 335 g/mol. The van der Waals surface area contributed by atoms with Gasteiger partial charge in [-0.15, -0.1) is 0 Å². The maximum atomic E-state index is 6.03. The van der Waals surface area contributed by atoms with Crippen LogP contribution in [0.25, 0.3) is 11.5 Å². The van der Waals surface area contributed by atoms with Gasteiger partial charge in [-0.05, 0) is 36.9 Å². The molecule has 2 heterocycles. The zero-order valence-corrected chi connectivity index (χ0v) is 13.9. The first-order valence-electron chi connectivity index (χ1n) is 6.98. The van der Waals surface area contributed by atoms with Crippen LogP contribution in [-0.2, 0) is 13.1 Å². The highest BCUT2D eigenvalue weighted by atomic mass is 35.5. The van der Waals surface area contributed by atoms with Crippen LogP contribution < -0.4 is 0 Å². The summed E-state index contributed by atoms with van der Waals surface area (Å²) in [4.78, 5) is 10.6. The fraction of sp³-hybridized carbons (Fsp3) is 0.188. The molecule has 0 N–H and O–H groups in total. The van der Waals surface area contributed by atoms with Gasteiger partial charge in [-0.25, -0.2) is 0 Å². The van der Waals surface area contributed by atoms with Crippen LogP contribution in [0.5, 0.6) is 0 Å². The van der Waals surface area contributed by atoms with Crippen LogP contribution in [0.3, 0.4) is 0 Å². The summed E-state index contributed by atoms with van der Waals surface area (Å²) in [5, 5.41) is 5.06. The third kappa shape index (κ3) is 4.07. The number of rotatable bonds is 5. The number of aromatic nitrogens is 3. The van der Waals surface area contributed by atoms with E-state index in [0.29, 0.717) is 40.5 Å². The van der Waals surface area contributed by atoms with Crippen LogP contribution in [0.1, 0.15) is 11.5 Å².